The Labute approximate surface area is 99.5 Å². The molecule has 2 aromatic heterocycles. The monoisotopic (exact) mass is 236 g/mol. The summed E-state index contributed by atoms with van der Waals surface area (Å²) in [5.41, 5.74) is 2.24. The molecule has 1 N–H and O–H groups in total. The molecule has 4 heteroatoms. The molecule has 0 fully saturated rings. The van der Waals surface area contributed by atoms with Crippen LogP contribution in [-0.2, 0) is 13.0 Å². The highest BCUT2D eigenvalue weighted by Gasteiger charge is 2.07. The predicted octanol–water partition coefficient (Wildman–Crippen LogP) is 2.69. The third-order valence-electron chi connectivity index (χ3n) is 2.61. The van der Waals surface area contributed by atoms with Crippen LogP contribution in [0.15, 0.2) is 22.0 Å². The zero-order valence-corrected chi connectivity index (χ0v) is 10.4. The average Bonchev–Trinajstić information content (AvgIpc) is 2.87. The molecule has 0 aliphatic rings. The fourth-order valence-electron chi connectivity index (χ4n) is 1.70. The van der Waals surface area contributed by atoms with E-state index in [1.807, 2.05) is 13.8 Å². The molecule has 0 radical (unpaired) electrons. The van der Waals surface area contributed by atoms with E-state index in [1.165, 1.54) is 10.4 Å². The molecule has 2 rings (SSSR count). The lowest BCUT2D eigenvalue weighted by Gasteiger charge is -2.02. The summed E-state index contributed by atoms with van der Waals surface area (Å²) >= 11 is 1.78. The Morgan fingerprint density at radius 2 is 2.31 bits per heavy atom. The maximum absolute atomic E-state index is 5.12. The van der Waals surface area contributed by atoms with E-state index in [1.54, 1.807) is 11.3 Å². The van der Waals surface area contributed by atoms with Gasteiger partial charge in [0.15, 0.2) is 0 Å². The lowest BCUT2D eigenvalue weighted by Crippen LogP contribution is -2.16. The number of aromatic nitrogens is 1. The second-order valence-electron chi connectivity index (χ2n) is 3.81. The van der Waals surface area contributed by atoms with Gasteiger partial charge in [-0.1, -0.05) is 11.2 Å². The Hall–Kier alpha value is -1.13. The fraction of sp³-hybridized carbons (Fsp3) is 0.417. The van der Waals surface area contributed by atoms with Crippen molar-refractivity contribution in [1.29, 1.82) is 0 Å². The maximum Gasteiger partial charge on any atom is 0.137 e. The second kappa shape index (κ2) is 5.27. The van der Waals surface area contributed by atoms with Crippen LogP contribution in [-0.4, -0.2) is 11.7 Å². The smallest absolute Gasteiger partial charge is 0.137 e. The van der Waals surface area contributed by atoms with Gasteiger partial charge in [0.1, 0.15) is 5.76 Å². The van der Waals surface area contributed by atoms with Crippen molar-refractivity contribution in [3.8, 4) is 0 Å². The molecule has 3 nitrogen and oxygen atoms in total. The summed E-state index contributed by atoms with van der Waals surface area (Å²) in [4.78, 5) is 1.37. The molecule has 16 heavy (non-hydrogen) atoms. The van der Waals surface area contributed by atoms with Crippen LogP contribution in [0.3, 0.4) is 0 Å². The summed E-state index contributed by atoms with van der Waals surface area (Å²) in [6, 6.07) is 4.23. The summed E-state index contributed by atoms with van der Waals surface area (Å²) in [6.45, 7) is 5.86. The topological polar surface area (TPSA) is 38.1 Å². The highest BCUT2D eigenvalue weighted by molar-refractivity contribution is 7.09. The third-order valence-corrected chi connectivity index (χ3v) is 3.49. The van der Waals surface area contributed by atoms with Crippen molar-refractivity contribution in [1.82, 2.24) is 10.5 Å². The van der Waals surface area contributed by atoms with E-state index in [0.29, 0.717) is 0 Å². The number of nitrogens with one attached hydrogen (secondary N) is 1. The van der Waals surface area contributed by atoms with Crippen LogP contribution in [0.1, 0.15) is 21.9 Å². The van der Waals surface area contributed by atoms with Crippen molar-refractivity contribution in [2.75, 3.05) is 6.54 Å². The van der Waals surface area contributed by atoms with Crippen LogP contribution >= 0.6 is 11.3 Å². The lowest BCUT2D eigenvalue weighted by atomic mass is 10.1. The highest BCUT2D eigenvalue weighted by Crippen LogP contribution is 2.12. The van der Waals surface area contributed by atoms with Crippen molar-refractivity contribution in [3.05, 3.63) is 39.4 Å². The Bertz CT molecular complexity index is 414. The van der Waals surface area contributed by atoms with Gasteiger partial charge in [0.05, 0.1) is 5.69 Å². The quantitative estimate of drug-likeness (QED) is 0.811. The normalized spacial score (nSPS) is 10.9. The summed E-state index contributed by atoms with van der Waals surface area (Å²) in [5, 5.41) is 9.47. The predicted molar refractivity (Wildman–Crippen MR) is 65.7 cm³/mol. The largest absolute Gasteiger partial charge is 0.361 e. The zero-order valence-electron chi connectivity index (χ0n) is 9.62. The van der Waals surface area contributed by atoms with E-state index in [-0.39, 0.29) is 0 Å². The molecule has 86 valence electrons. The van der Waals surface area contributed by atoms with Gasteiger partial charge < -0.3 is 9.84 Å². The summed E-state index contributed by atoms with van der Waals surface area (Å²) in [5.74, 6) is 0.940. The Kier molecular flexibility index (Phi) is 3.74. The number of hydrogen-bond donors (Lipinski definition) is 1. The van der Waals surface area contributed by atoms with Crippen LogP contribution in [0.2, 0.25) is 0 Å². The van der Waals surface area contributed by atoms with Gasteiger partial charge >= 0.3 is 0 Å². The van der Waals surface area contributed by atoms with Crippen molar-refractivity contribution >= 4 is 11.3 Å². The van der Waals surface area contributed by atoms with Crippen LogP contribution in [0, 0.1) is 13.8 Å². The molecule has 0 unspecified atom stereocenters. The molecule has 0 saturated carbocycles. The molecule has 0 aliphatic carbocycles. The first kappa shape index (κ1) is 11.4. The van der Waals surface area contributed by atoms with Crippen molar-refractivity contribution < 1.29 is 4.52 Å². The van der Waals surface area contributed by atoms with E-state index in [0.717, 1.165) is 31.0 Å². The molecule has 0 spiro atoms. The van der Waals surface area contributed by atoms with Crippen molar-refractivity contribution in [2.24, 2.45) is 0 Å². The van der Waals surface area contributed by atoms with E-state index in [4.69, 9.17) is 4.52 Å². The van der Waals surface area contributed by atoms with Gasteiger partial charge in [-0.2, -0.15) is 0 Å². The molecular weight excluding hydrogens is 220 g/mol. The third kappa shape index (κ3) is 2.71. The van der Waals surface area contributed by atoms with Gasteiger partial charge in [0.2, 0.25) is 0 Å². The summed E-state index contributed by atoms with van der Waals surface area (Å²) < 4.78 is 5.12. The van der Waals surface area contributed by atoms with E-state index >= 15 is 0 Å². The number of aryl methyl sites for hydroxylation is 2. The minimum Gasteiger partial charge on any atom is -0.361 e. The summed E-state index contributed by atoms with van der Waals surface area (Å²) in [6.07, 6.45) is 0.979. The number of rotatable bonds is 5. The Balaban J connectivity index is 1.76. The number of nitrogens with zero attached hydrogens (tertiary/aromatic N) is 1. The first-order valence-electron chi connectivity index (χ1n) is 5.42. The number of hydrogen-bond acceptors (Lipinski definition) is 4. The van der Waals surface area contributed by atoms with E-state index in [9.17, 15) is 0 Å². The second-order valence-corrected chi connectivity index (χ2v) is 4.84. The molecule has 2 heterocycles. The van der Waals surface area contributed by atoms with Crippen LogP contribution < -0.4 is 5.32 Å². The van der Waals surface area contributed by atoms with Crippen molar-refractivity contribution in [3.63, 3.8) is 0 Å². The summed E-state index contributed by atoms with van der Waals surface area (Å²) in [7, 11) is 0. The molecule has 2 aromatic rings. The molecule has 0 aliphatic heterocycles. The molecule has 0 amide bonds. The average molecular weight is 236 g/mol. The van der Waals surface area contributed by atoms with E-state index in [2.05, 4.69) is 28.0 Å². The van der Waals surface area contributed by atoms with Gasteiger partial charge in [-0.25, -0.2) is 0 Å². The van der Waals surface area contributed by atoms with Crippen molar-refractivity contribution in [2.45, 2.75) is 26.8 Å². The minimum absolute atomic E-state index is 0.940. The molecule has 0 aromatic carbocycles. The van der Waals surface area contributed by atoms with Crippen LogP contribution in [0.5, 0.6) is 0 Å². The Morgan fingerprint density at radius 3 is 2.94 bits per heavy atom. The molecular formula is C12H16N2OS. The highest BCUT2D eigenvalue weighted by atomic mass is 32.1. The van der Waals surface area contributed by atoms with Gasteiger partial charge in [-0.05, 0) is 38.3 Å². The van der Waals surface area contributed by atoms with Gasteiger partial charge in [0, 0.05) is 17.0 Å². The first-order chi connectivity index (χ1) is 7.77. The van der Waals surface area contributed by atoms with Crippen LogP contribution in [0.4, 0.5) is 0 Å². The SMILES string of the molecule is Cc1noc(C)c1CCNCc1cccs1. The standard InChI is InChI=1S/C12H16N2OS/c1-9-12(10(2)15-14-9)5-6-13-8-11-4-3-7-16-11/h3-4,7,13H,5-6,8H2,1-2H3. The lowest BCUT2D eigenvalue weighted by molar-refractivity contribution is 0.392. The van der Waals surface area contributed by atoms with Gasteiger partial charge in [-0.3, -0.25) is 0 Å². The zero-order chi connectivity index (χ0) is 11.4. The number of thiophene rings is 1. The van der Waals surface area contributed by atoms with E-state index < -0.39 is 0 Å². The molecule has 0 atom stereocenters. The maximum atomic E-state index is 5.12. The molecule has 0 saturated heterocycles. The Morgan fingerprint density at radius 1 is 1.44 bits per heavy atom. The fourth-order valence-corrected chi connectivity index (χ4v) is 2.37. The minimum atomic E-state index is 0.940. The van der Waals surface area contributed by atoms with Gasteiger partial charge in [-0.15, -0.1) is 11.3 Å². The first-order valence-corrected chi connectivity index (χ1v) is 6.30. The molecule has 0 bridgehead atoms. The van der Waals surface area contributed by atoms with Crippen LogP contribution in [0.25, 0.3) is 0 Å². The van der Waals surface area contributed by atoms with Gasteiger partial charge in [0.25, 0.3) is 0 Å².